The third kappa shape index (κ3) is 5.57. The van der Waals surface area contributed by atoms with E-state index in [0.717, 1.165) is 43.0 Å². The van der Waals surface area contributed by atoms with Crippen molar-refractivity contribution in [1.82, 2.24) is 5.32 Å². The molecule has 0 aliphatic rings. The molecule has 0 radical (unpaired) electrons. The van der Waals surface area contributed by atoms with E-state index in [2.05, 4.69) is 12.2 Å². The Morgan fingerprint density at radius 3 is 2.72 bits per heavy atom. The minimum Gasteiger partial charge on any atom is -0.385 e. The van der Waals surface area contributed by atoms with Crippen molar-refractivity contribution in [1.29, 1.82) is 0 Å². The average Bonchev–Trinajstić information content (AvgIpc) is 2.35. The molecule has 0 spiro atoms. The summed E-state index contributed by atoms with van der Waals surface area (Å²) in [5.41, 5.74) is 1.13. The summed E-state index contributed by atoms with van der Waals surface area (Å²) in [5.74, 6) is 0. The lowest BCUT2D eigenvalue weighted by Gasteiger charge is -2.19. The van der Waals surface area contributed by atoms with Gasteiger partial charge in [0, 0.05) is 29.8 Å². The molecule has 1 rings (SSSR count). The smallest absolute Gasteiger partial charge is 0.0477 e. The van der Waals surface area contributed by atoms with Crippen LogP contribution in [-0.4, -0.2) is 26.3 Å². The van der Waals surface area contributed by atoms with Gasteiger partial charge < -0.3 is 10.1 Å². The summed E-state index contributed by atoms with van der Waals surface area (Å²) < 4.78 is 5.15. The Kier molecular flexibility index (Phi) is 7.68. The molecule has 0 saturated carbocycles. The Hall–Kier alpha value is -0.280. The van der Waals surface area contributed by atoms with Gasteiger partial charge in [-0.2, -0.15) is 0 Å². The zero-order chi connectivity index (χ0) is 13.4. The first-order valence-corrected chi connectivity index (χ1v) is 7.09. The van der Waals surface area contributed by atoms with E-state index < -0.39 is 0 Å². The minimum absolute atomic E-state index is 0.392. The van der Waals surface area contributed by atoms with E-state index >= 15 is 0 Å². The predicted octanol–water partition coefficient (Wildman–Crippen LogP) is 3.94. The molecule has 0 amide bonds. The lowest BCUT2D eigenvalue weighted by atomic mass is 10.0. The Balaban J connectivity index is 2.62. The number of rotatable bonds is 8. The summed E-state index contributed by atoms with van der Waals surface area (Å²) in [6.45, 7) is 3.93. The van der Waals surface area contributed by atoms with E-state index in [1.54, 1.807) is 13.2 Å². The second-order valence-electron chi connectivity index (χ2n) is 4.37. The number of methoxy groups -OCH3 is 1. The molecule has 0 saturated heterocycles. The van der Waals surface area contributed by atoms with Crippen molar-refractivity contribution in [3.8, 4) is 0 Å². The first-order chi connectivity index (χ1) is 8.67. The van der Waals surface area contributed by atoms with Crippen molar-refractivity contribution >= 4 is 23.2 Å². The minimum atomic E-state index is 0.392. The molecule has 18 heavy (non-hydrogen) atoms. The van der Waals surface area contributed by atoms with Gasteiger partial charge in [0.2, 0.25) is 0 Å². The van der Waals surface area contributed by atoms with Crippen LogP contribution in [0.1, 0.15) is 25.3 Å². The van der Waals surface area contributed by atoms with Gasteiger partial charge in [-0.05, 0) is 43.5 Å². The topological polar surface area (TPSA) is 21.3 Å². The van der Waals surface area contributed by atoms with Gasteiger partial charge in [-0.1, -0.05) is 36.2 Å². The number of nitrogens with one attached hydrogen (secondary N) is 1. The standard InChI is InChI=1S/C14H21Cl2NO/c1-3-7-17-13(6-8-18-2)9-11-4-5-12(15)10-14(11)16/h4-5,10,13,17H,3,6-9H2,1-2H3. The maximum Gasteiger partial charge on any atom is 0.0477 e. The first kappa shape index (κ1) is 15.8. The third-order valence-corrected chi connectivity index (χ3v) is 3.42. The summed E-state index contributed by atoms with van der Waals surface area (Å²) >= 11 is 12.1. The van der Waals surface area contributed by atoms with Crippen molar-refractivity contribution in [2.24, 2.45) is 0 Å². The van der Waals surface area contributed by atoms with E-state index in [-0.39, 0.29) is 0 Å². The van der Waals surface area contributed by atoms with E-state index in [0.29, 0.717) is 11.1 Å². The average molecular weight is 290 g/mol. The molecule has 0 aliphatic heterocycles. The highest BCUT2D eigenvalue weighted by Crippen LogP contribution is 2.22. The fourth-order valence-electron chi connectivity index (χ4n) is 1.84. The quantitative estimate of drug-likeness (QED) is 0.783. The Labute approximate surface area is 120 Å². The second kappa shape index (κ2) is 8.76. The predicted molar refractivity (Wildman–Crippen MR) is 78.7 cm³/mol. The largest absolute Gasteiger partial charge is 0.385 e. The number of hydrogen-bond acceptors (Lipinski definition) is 2. The molecule has 4 heteroatoms. The van der Waals surface area contributed by atoms with Gasteiger partial charge in [0.25, 0.3) is 0 Å². The maximum absolute atomic E-state index is 6.20. The third-order valence-electron chi connectivity index (χ3n) is 2.83. The maximum atomic E-state index is 6.20. The van der Waals surface area contributed by atoms with Crippen LogP contribution >= 0.6 is 23.2 Å². The molecule has 1 N–H and O–H groups in total. The lowest BCUT2D eigenvalue weighted by molar-refractivity contribution is 0.182. The van der Waals surface area contributed by atoms with Crippen LogP contribution in [0.3, 0.4) is 0 Å². The van der Waals surface area contributed by atoms with Crippen molar-refractivity contribution in [3.05, 3.63) is 33.8 Å². The van der Waals surface area contributed by atoms with E-state index in [4.69, 9.17) is 27.9 Å². The van der Waals surface area contributed by atoms with Gasteiger partial charge in [0.1, 0.15) is 0 Å². The molecule has 0 fully saturated rings. The Bertz CT molecular complexity index is 350. The zero-order valence-corrected chi connectivity index (χ0v) is 12.5. The van der Waals surface area contributed by atoms with Gasteiger partial charge in [0.05, 0.1) is 0 Å². The SMILES string of the molecule is CCCNC(CCOC)Cc1ccc(Cl)cc1Cl. The van der Waals surface area contributed by atoms with Gasteiger partial charge in [-0.3, -0.25) is 0 Å². The van der Waals surface area contributed by atoms with E-state index in [9.17, 15) is 0 Å². The molecule has 1 aromatic carbocycles. The molecule has 0 aromatic heterocycles. The molecule has 1 unspecified atom stereocenters. The summed E-state index contributed by atoms with van der Waals surface area (Å²) in [4.78, 5) is 0. The summed E-state index contributed by atoms with van der Waals surface area (Å²) in [6.07, 6.45) is 3.01. The summed E-state index contributed by atoms with van der Waals surface area (Å²) in [5, 5.41) is 4.94. The first-order valence-electron chi connectivity index (χ1n) is 6.33. The highest BCUT2D eigenvalue weighted by Gasteiger charge is 2.11. The number of halogens is 2. The molecule has 0 aliphatic carbocycles. The number of ether oxygens (including phenoxy) is 1. The molecule has 2 nitrogen and oxygen atoms in total. The molecule has 1 atom stereocenters. The van der Waals surface area contributed by atoms with Crippen LogP contribution in [0.15, 0.2) is 18.2 Å². The van der Waals surface area contributed by atoms with Crippen molar-refractivity contribution in [3.63, 3.8) is 0 Å². The van der Waals surface area contributed by atoms with Crippen molar-refractivity contribution in [2.75, 3.05) is 20.3 Å². The van der Waals surface area contributed by atoms with E-state index in [1.165, 1.54) is 0 Å². The summed E-state index contributed by atoms with van der Waals surface area (Å²) in [6, 6.07) is 6.07. The fourth-order valence-corrected chi connectivity index (χ4v) is 2.32. The van der Waals surface area contributed by atoms with Crippen molar-refractivity contribution in [2.45, 2.75) is 32.2 Å². The number of benzene rings is 1. The molecular formula is C14H21Cl2NO. The normalized spacial score (nSPS) is 12.7. The number of hydrogen-bond donors (Lipinski definition) is 1. The van der Waals surface area contributed by atoms with Crippen LogP contribution in [0.25, 0.3) is 0 Å². The monoisotopic (exact) mass is 289 g/mol. The van der Waals surface area contributed by atoms with Gasteiger partial charge in [-0.25, -0.2) is 0 Å². The van der Waals surface area contributed by atoms with Crippen LogP contribution < -0.4 is 5.32 Å². The Morgan fingerprint density at radius 2 is 2.11 bits per heavy atom. The van der Waals surface area contributed by atoms with E-state index in [1.807, 2.05) is 12.1 Å². The molecule has 102 valence electrons. The molecular weight excluding hydrogens is 269 g/mol. The molecule has 1 aromatic rings. The Morgan fingerprint density at radius 1 is 1.33 bits per heavy atom. The summed E-state index contributed by atoms with van der Waals surface area (Å²) in [7, 11) is 1.73. The highest BCUT2D eigenvalue weighted by molar-refractivity contribution is 6.35. The lowest BCUT2D eigenvalue weighted by Crippen LogP contribution is -2.33. The van der Waals surface area contributed by atoms with Gasteiger partial charge in [0.15, 0.2) is 0 Å². The highest BCUT2D eigenvalue weighted by atomic mass is 35.5. The van der Waals surface area contributed by atoms with Crippen molar-refractivity contribution < 1.29 is 4.74 Å². The van der Waals surface area contributed by atoms with Crippen LogP contribution in [0.4, 0.5) is 0 Å². The van der Waals surface area contributed by atoms with Gasteiger partial charge in [-0.15, -0.1) is 0 Å². The van der Waals surface area contributed by atoms with Gasteiger partial charge >= 0.3 is 0 Å². The van der Waals surface area contributed by atoms with Crippen LogP contribution in [0.2, 0.25) is 10.0 Å². The second-order valence-corrected chi connectivity index (χ2v) is 5.22. The van der Waals surface area contributed by atoms with Crippen LogP contribution in [-0.2, 0) is 11.2 Å². The van der Waals surface area contributed by atoms with Crippen LogP contribution in [0, 0.1) is 0 Å². The molecule has 0 bridgehead atoms. The fraction of sp³-hybridized carbons (Fsp3) is 0.571. The molecule has 0 heterocycles. The zero-order valence-electron chi connectivity index (χ0n) is 11.0. The van der Waals surface area contributed by atoms with Crippen LogP contribution in [0.5, 0.6) is 0 Å².